The number of hydrogen-bond acceptors (Lipinski definition) is 0. The van der Waals surface area contributed by atoms with Crippen LogP contribution in [0, 0.1) is 0 Å². The first-order valence-corrected chi connectivity index (χ1v) is 5.76. The molecule has 49 valence electrons. The highest BCUT2D eigenvalue weighted by Crippen LogP contribution is 1.97. The number of rotatable bonds is 0. The summed E-state index contributed by atoms with van der Waals surface area (Å²) in [6, 6.07) is 0. The third kappa shape index (κ3) is 276. The van der Waals surface area contributed by atoms with Crippen LogP contribution in [0.3, 0.4) is 0 Å². The Bertz CT molecular complexity index is 30.0. The van der Waals surface area contributed by atoms with E-state index in [9.17, 15) is 12.9 Å². The molecular weight excluding hydrogens is 202 g/mol. The van der Waals surface area contributed by atoms with Crippen LogP contribution in [0.2, 0.25) is 0 Å². The number of halogens is 6. The zero-order chi connectivity index (χ0) is 7.15. The second kappa shape index (κ2) is 7.94. The highest BCUT2D eigenvalue weighted by Gasteiger charge is 2.06. The fourth-order valence-electron chi connectivity index (χ4n) is 0. The summed E-state index contributed by atoms with van der Waals surface area (Å²) in [7, 11) is -3.67. The van der Waals surface area contributed by atoms with Crippen LogP contribution in [-0.4, -0.2) is 14.3 Å². The van der Waals surface area contributed by atoms with Crippen molar-refractivity contribution < 1.29 is 12.9 Å². The Morgan fingerprint density at radius 2 is 1.00 bits per heavy atom. The van der Waals surface area contributed by atoms with E-state index in [2.05, 4.69) is 0 Å². The van der Waals surface area contributed by atoms with Crippen LogP contribution >= 0.6 is 33.2 Å². The van der Waals surface area contributed by atoms with E-state index in [0.29, 0.717) is 0 Å². The van der Waals surface area contributed by atoms with Gasteiger partial charge in [0.2, 0.25) is 0 Å². The minimum atomic E-state index is -3.67. The maximum absolute atomic E-state index is 9.67. The molecule has 0 aliphatic rings. The van der Waals surface area contributed by atoms with Crippen LogP contribution in [-0.2, 0) is 0 Å². The van der Waals surface area contributed by atoms with E-state index in [-0.39, 0.29) is 0 Å². The topological polar surface area (TPSA) is 0 Å². The Morgan fingerprint density at radius 1 is 1.00 bits per heavy atom. The molecule has 0 bridgehead atoms. The Labute approximate surface area is 60.9 Å². The van der Waals surface area contributed by atoms with Gasteiger partial charge in [-0.1, -0.05) is 0 Å². The van der Waals surface area contributed by atoms with Gasteiger partial charge in [-0.3, -0.25) is 12.9 Å². The van der Waals surface area contributed by atoms with Crippen molar-refractivity contribution in [2.45, 2.75) is 0 Å². The second-order valence-corrected chi connectivity index (χ2v) is 6.03. The molecule has 0 heterocycles. The first kappa shape index (κ1) is 11.7. The van der Waals surface area contributed by atoms with Crippen LogP contribution in [0.5, 0.6) is 0 Å². The molecule has 0 fully saturated rings. The van der Waals surface area contributed by atoms with Crippen molar-refractivity contribution in [2.24, 2.45) is 0 Å². The first-order chi connectivity index (χ1) is 3.46. The van der Waals surface area contributed by atoms with Crippen LogP contribution < -0.4 is 0 Å². The summed E-state index contributed by atoms with van der Waals surface area (Å²) in [5.74, 6) is 0. The average molecular weight is 202 g/mol. The van der Waals surface area contributed by atoms with Gasteiger partial charge in [-0.25, -0.2) is 0 Å². The van der Waals surface area contributed by atoms with Gasteiger partial charge in [0, 0.05) is 0 Å². The molecule has 0 amide bonds. The lowest BCUT2D eigenvalue weighted by molar-refractivity contribution is 0.535. The van der Waals surface area contributed by atoms with Gasteiger partial charge in [0.1, 0.15) is 0 Å². The van der Waals surface area contributed by atoms with Crippen molar-refractivity contribution >= 4 is 47.5 Å². The zero-order valence-electron chi connectivity index (χ0n) is 3.35. The molecular formula is BCl3F3Si. The second-order valence-electron chi connectivity index (χ2n) is 0.462. The molecule has 0 aromatic carbocycles. The minimum absolute atomic E-state index is 1.46. The third-order valence-corrected chi connectivity index (χ3v) is 0. The maximum Gasteiger partial charge on any atom is 0.762 e. The summed E-state index contributed by atoms with van der Waals surface area (Å²) in [5, 5.41) is 0. The minimum Gasteiger partial charge on any atom is -0.254 e. The molecule has 0 spiro atoms. The van der Waals surface area contributed by atoms with E-state index < -0.39 is 14.3 Å². The first-order valence-electron chi connectivity index (χ1n) is 1.22. The predicted octanol–water partition coefficient (Wildman–Crippen LogP) is 2.57. The SMILES string of the molecule is Cl[Si](Cl)Cl.FB(F)F. The average Bonchev–Trinajstić information content (AvgIpc) is 1.25. The summed E-state index contributed by atoms with van der Waals surface area (Å²) in [5.41, 5.74) is 0. The summed E-state index contributed by atoms with van der Waals surface area (Å²) >= 11 is 14.7. The molecule has 0 aromatic rings. The van der Waals surface area contributed by atoms with E-state index in [1.165, 1.54) is 0 Å². The van der Waals surface area contributed by atoms with Gasteiger partial charge in [-0.2, -0.15) is 0 Å². The van der Waals surface area contributed by atoms with Gasteiger partial charge >= 0.3 is 14.3 Å². The Balaban J connectivity index is 0. The third-order valence-electron chi connectivity index (χ3n) is 0. The normalized spacial score (nSPS) is 7.88. The van der Waals surface area contributed by atoms with Gasteiger partial charge in [-0.05, 0) is 0 Å². The predicted molar refractivity (Wildman–Crippen MR) is 32.4 cm³/mol. The molecule has 1 radical (unpaired) electrons. The van der Waals surface area contributed by atoms with E-state index in [1.807, 2.05) is 0 Å². The van der Waals surface area contributed by atoms with Gasteiger partial charge in [0.15, 0.2) is 0 Å². The lowest BCUT2D eigenvalue weighted by atomic mass is 10.5. The molecule has 0 aliphatic heterocycles. The summed E-state index contributed by atoms with van der Waals surface area (Å²) in [4.78, 5) is 0. The molecule has 0 saturated heterocycles. The zero-order valence-corrected chi connectivity index (χ0v) is 6.61. The molecule has 0 N–H and O–H groups in total. The van der Waals surface area contributed by atoms with Crippen molar-refractivity contribution in [3.05, 3.63) is 0 Å². The fourth-order valence-corrected chi connectivity index (χ4v) is 0. The lowest BCUT2D eigenvalue weighted by Gasteiger charge is -1.62. The van der Waals surface area contributed by atoms with E-state index in [4.69, 9.17) is 33.2 Å². The van der Waals surface area contributed by atoms with Crippen LogP contribution in [0.4, 0.5) is 12.9 Å². The van der Waals surface area contributed by atoms with Crippen LogP contribution in [0.15, 0.2) is 0 Å². The molecule has 0 saturated carbocycles. The molecule has 0 rings (SSSR count). The quantitative estimate of drug-likeness (QED) is 0.418. The molecule has 8 heteroatoms. The van der Waals surface area contributed by atoms with Crippen LogP contribution in [0.1, 0.15) is 0 Å². The van der Waals surface area contributed by atoms with Crippen LogP contribution in [0.25, 0.3) is 0 Å². The molecule has 0 aliphatic carbocycles. The van der Waals surface area contributed by atoms with E-state index in [0.717, 1.165) is 0 Å². The highest BCUT2D eigenvalue weighted by molar-refractivity contribution is 7.54. The molecule has 0 nitrogen and oxygen atoms in total. The Morgan fingerprint density at radius 3 is 1.00 bits per heavy atom. The van der Waals surface area contributed by atoms with Crippen molar-refractivity contribution in [3.8, 4) is 0 Å². The van der Waals surface area contributed by atoms with Crippen molar-refractivity contribution in [2.75, 3.05) is 0 Å². The summed E-state index contributed by atoms with van der Waals surface area (Å²) in [6.45, 7) is -1.46. The largest absolute Gasteiger partial charge is 0.762 e. The standard InChI is InChI=1S/BF3.Cl3Si/c2-1(3)4;1-4(2)3. The summed E-state index contributed by atoms with van der Waals surface area (Å²) in [6.07, 6.45) is 0. The van der Waals surface area contributed by atoms with E-state index >= 15 is 0 Å². The fraction of sp³-hybridized carbons (Fsp3) is 0. The Hall–Kier alpha value is 0.942. The molecule has 0 aromatic heterocycles. The molecule has 8 heavy (non-hydrogen) atoms. The molecule has 0 atom stereocenters. The molecule has 0 unspecified atom stereocenters. The lowest BCUT2D eigenvalue weighted by Crippen LogP contribution is -1.76. The Kier molecular flexibility index (Phi) is 11.6. The van der Waals surface area contributed by atoms with Gasteiger partial charge in [-0.15, -0.1) is 33.2 Å². The monoisotopic (exact) mass is 201 g/mol. The van der Waals surface area contributed by atoms with Crippen molar-refractivity contribution in [1.82, 2.24) is 0 Å². The summed E-state index contributed by atoms with van der Waals surface area (Å²) < 4.78 is 29.0. The highest BCUT2D eigenvalue weighted by atomic mass is 35.8. The van der Waals surface area contributed by atoms with Gasteiger partial charge < -0.3 is 0 Å². The smallest absolute Gasteiger partial charge is 0.254 e. The maximum atomic E-state index is 9.67. The van der Waals surface area contributed by atoms with Gasteiger partial charge in [0.05, 0.1) is 0 Å². The van der Waals surface area contributed by atoms with Gasteiger partial charge in [0.25, 0.3) is 0 Å². The van der Waals surface area contributed by atoms with Crippen molar-refractivity contribution in [3.63, 3.8) is 0 Å². The van der Waals surface area contributed by atoms with E-state index in [1.54, 1.807) is 0 Å². The van der Waals surface area contributed by atoms with Crippen molar-refractivity contribution in [1.29, 1.82) is 0 Å². The number of hydrogen-bond donors (Lipinski definition) is 0.